The van der Waals surface area contributed by atoms with Gasteiger partial charge in [0.2, 0.25) is 5.91 Å². The molecule has 0 spiro atoms. The first kappa shape index (κ1) is 23.6. The van der Waals surface area contributed by atoms with E-state index < -0.39 is 0 Å². The zero-order valence-corrected chi connectivity index (χ0v) is 20.7. The van der Waals surface area contributed by atoms with Gasteiger partial charge in [0, 0.05) is 50.7 Å². The van der Waals surface area contributed by atoms with Crippen LogP contribution in [0.3, 0.4) is 0 Å². The number of hydrogen-bond donors (Lipinski definition) is 2. The molecule has 0 aliphatic carbocycles. The van der Waals surface area contributed by atoms with Crippen molar-refractivity contribution in [3.05, 3.63) is 54.1 Å². The van der Waals surface area contributed by atoms with Crippen molar-refractivity contribution in [1.82, 2.24) is 14.2 Å². The van der Waals surface area contributed by atoms with Crippen molar-refractivity contribution in [2.45, 2.75) is 19.3 Å². The number of aromatic nitrogens is 1. The van der Waals surface area contributed by atoms with Crippen molar-refractivity contribution >= 4 is 39.4 Å². The average Bonchev–Trinajstić information content (AvgIpc) is 3.33. The molecule has 1 aromatic heterocycles. The maximum absolute atomic E-state index is 12.7. The lowest BCUT2D eigenvalue weighted by Crippen LogP contribution is -2.47. The topological polar surface area (TPSA) is 80.1 Å². The second-order valence-electron chi connectivity index (χ2n) is 9.49. The smallest absolute Gasteiger partial charge is 0.246 e. The molecule has 2 aliphatic rings. The van der Waals surface area contributed by atoms with E-state index in [-0.39, 0.29) is 17.4 Å². The molecule has 3 aromatic rings. The van der Waals surface area contributed by atoms with Crippen molar-refractivity contribution < 1.29 is 15.0 Å². The number of amides is 1. The van der Waals surface area contributed by atoms with Gasteiger partial charge in [-0.2, -0.15) is 4.37 Å². The first-order valence-electron chi connectivity index (χ1n) is 12.4. The van der Waals surface area contributed by atoms with E-state index in [1.54, 1.807) is 29.8 Å². The Morgan fingerprint density at radius 1 is 1.06 bits per heavy atom. The van der Waals surface area contributed by atoms with Crippen LogP contribution in [0.15, 0.2) is 48.5 Å². The van der Waals surface area contributed by atoms with Crippen molar-refractivity contribution in [3.63, 3.8) is 0 Å². The van der Waals surface area contributed by atoms with Crippen LogP contribution in [-0.2, 0) is 4.79 Å². The summed E-state index contributed by atoms with van der Waals surface area (Å²) in [5.74, 6) is 1.32. The van der Waals surface area contributed by atoms with Gasteiger partial charge < -0.3 is 20.0 Å². The van der Waals surface area contributed by atoms with Gasteiger partial charge in [-0.25, -0.2) is 0 Å². The van der Waals surface area contributed by atoms with E-state index in [0.717, 1.165) is 64.5 Å². The molecule has 2 fully saturated rings. The molecule has 0 radical (unpaired) electrons. The molecule has 2 saturated heterocycles. The zero-order valence-electron chi connectivity index (χ0n) is 19.8. The summed E-state index contributed by atoms with van der Waals surface area (Å²) in [6.07, 6.45) is 6.57. The molecule has 1 amide bonds. The number of piperidine rings is 1. The highest BCUT2D eigenvalue weighted by Crippen LogP contribution is 2.30. The Hall–Kier alpha value is -3.10. The minimum Gasteiger partial charge on any atom is -0.504 e. The number of anilines is 1. The summed E-state index contributed by atoms with van der Waals surface area (Å²) in [5.41, 5.74) is 0.687. The highest BCUT2D eigenvalue weighted by atomic mass is 32.1. The fraction of sp³-hybridized carbons (Fsp3) is 0.407. The first-order chi connectivity index (χ1) is 17.1. The van der Waals surface area contributed by atoms with E-state index >= 15 is 0 Å². The van der Waals surface area contributed by atoms with E-state index in [0.29, 0.717) is 11.5 Å². The summed E-state index contributed by atoms with van der Waals surface area (Å²) in [4.78, 5) is 19.6. The number of rotatable bonds is 6. The Labute approximate surface area is 210 Å². The number of hydrogen-bond acceptors (Lipinski definition) is 7. The van der Waals surface area contributed by atoms with Gasteiger partial charge in [-0.1, -0.05) is 18.2 Å². The third kappa shape index (κ3) is 5.60. The van der Waals surface area contributed by atoms with Crippen LogP contribution < -0.4 is 4.90 Å². The average molecular weight is 493 g/mol. The molecule has 0 unspecified atom stereocenters. The maximum Gasteiger partial charge on any atom is 0.246 e. The SMILES string of the molecule is O=C(/C=C/c1ccc(O)c(O)c1)N1CCC[C@@H](CCN2CCN(c3nsc4ccccc34)CC2)C1. The lowest BCUT2D eigenvalue weighted by atomic mass is 9.94. The molecular weight excluding hydrogens is 460 g/mol. The van der Waals surface area contributed by atoms with Crippen molar-refractivity contribution in [2.24, 2.45) is 5.92 Å². The van der Waals surface area contributed by atoms with Gasteiger partial charge in [0.1, 0.15) is 5.82 Å². The summed E-state index contributed by atoms with van der Waals surface area (Å²) < 4.78 is 5.96. The summed E-state index contributed by atoms with van der Waals surface area (Å²) in [7, 11) is 0. The Bertz CT molecular complexity index is 1200. The minimum absolute atomic E-state index is 0.00590. The molecular formula is C27H32N4O3S. The van der Waals surface area contributed by atoms with Gasteiger partial charge in [0.05, 0.1) is 4.70 Å². The number of phenolic OH excluding ortho intramolecular Hbond substituents is 2. The number of aromatic hydroxyl groups is 2. The third-order valence-electron chi connectivity index (χ3n) is 7.13. The molecule has 5 rings (SSSR count). The minimum atomic E-state index is -0.182. The monoisotopic (exact) mass is 492 g/mol. The second kappa shape index (κ2) is 10.7. The molecule has 1 atom stereocenters. The largest absolute Gasteiger partial charge is 0.504 e. The predicted octanol–water partition coefficient (Wildman–Crippen LogP) is 4.17. The quantitative estimate of drug-likeness (QED) is 0.397. The summed E-state index contributed by atoms with van der Waals surface area (Å²) in [6, 6.07) is 13.0. The van der Waals surface area contributed by atoms with E-state index in [9.17, 15) is 15.0 Å². The van der Waals surface area contributed by atoms with Gasteiger partial charge in [0.25, 0.3) is 0 Å². The summed E-state index contributed by atoms with van der Waals surface area (Å²) in [6.45, 7) is 6.75. The zero-order chi connectivity index (χ0) is 24.2. The number of nitrogens with zero attached hydrogens (tertiary/aromatic N) is 4. The van der Waals surface area contributed by atoms with Crippen LogP contribution in [0.25, 0.3) is 16.2 Å². The van der Waals surface area contributed by atoms with Crippen LogP contribution in [0, 0.1) is 5.92 Å². The molecule has 3 heterocycles. The Morgan fingerprint density at radius 3 is 2.71 bits per heavy atom. The van der Waals surface area contributed by atoms with Crippen LogP contribution >= 0.6 is 11.5 Å². The number of carbonyl (C=O) groups is 1. The lowest BCUT2D eigenvalue weighted by Gasteiger charge is -2.37. The first-order valence-corrected chi connectivity index (χ1v) is 13.1. The third-order valence-corrected chi connectivity index (χ3v) is 7.95. The van der Waals surface area contributed by atoms with Crippen molar-refractivity contribution in [3.8, 4) is 11.5 Å². The number of piperazine rings is 1. The number of phenols is 2. The standard InChI is InChI=1S/C27H32N4O3S/c32-23-9-7-20(18-24(23)33)8-10-26(34)31-12-3-4-21(19-31)11-13-29-14-16-30(17-15-29)27-22-5-1-2-6-25(22)35-28-27/h1-2,5-10,18,21,32-33H,3-4,11-17,19H2/b10-8+/t21-/m0/s1. The van der Waals surface area contributed by atoms with Crippen LogP contribution in [0.2, 0.25) is 0 Å². The molecule has 8 heteroatoms. The highest BCUT2D eigenvalue weighted by molar-refractivity contribution is 7.13. The molecule has 184 valence electrons. The summed E-state index contributed by atoms with van der Waals surface area (Å²) in [5, 5.41) is 20.3. The second-order valence-corrected chi connectivity index (χ2v) is 10.3. The van der Waals surface area contributed by atoms with Crippen molar-refractivity contribution in [1.29, 1.82) is 0 Å². The van der Waals surface area contributed by atoms with Gasteiger partial charge in [-0.15, -0.1) is 0 Å². The predicted molar refractivity (Wildman–Crippen MR) is 141 cm³/mol. The van der Waals surface area contributed by atoms with Gasteiger partial charge in [0.15, 0.2) is 11.5 Å². The van der Waals surface area contributed by atoms with Gasteiger partial charge in [-0.05, 0) is 79.2 Å². The fourth-order valence-corrected chi connectivity index (χ4v) is 5.86. The Morgan fingerprint density at radius 2 is 1.89 bits per heavy atom. The lowest BCUT2D eigenvalue weighted by molar-refractivity contribution is -0.127. The van der Waals surface area contributed by atoms with Crippen molar-refractivity contribution in [2.75, 3.05) is 50.7 Å². The van der Waals surface area contributed by atoms with Crippen LogP contribution in [0.5, 0.6) is 11.5 Å². The number of carbonyl (C=O) groups excluding carboxylic acids is 1. The molecule has 7 nitrogen and oxygen atoms in total. The van der Waals surface area contributed by atoms with Gasteiger partial charge >= 0.3 is 0 Å². The molecule has 2 aromatic carbocycles. The molecule has 2 N–H and O–H groups in total. The molecule has 0 bridgehead atoms. The molecule has 2 aliphatic heterocycles. The summed E-state index contributed by atoms with van der Waals surface area (Å²) >= 11 is 1.58. The van der Waals surface area contributed by atoms with E-state index in [2.05, 4.69) is 34.1 Å². The molecule has 0 saturated carbocycles. The van der Waals surface area contributed by atoms with Crippen LogP contribution in [0.1, 0.15) is 24.8 Å². The Balaban J connectivity index is 1.08. The van der Waals surface area contributed by atoms with Crippen LogP contribution in [0.4, 0.5) is 5.82 Å². The van der Waals surface area contributed by atoms with Crippen LogP contribution in [-0.4, -0.2) is 76.1 Å². The van der Waals surface area contributed by atoms with E-state index in [1.165, 1.54) is 28.6 Å². The number of likely N-dealkylation sites (tertiary alicyclic amines) is 1. The normalized spacial score (nSPS) is 19.6. The van der Waals surface area contributed by atoms with E-state index in [4.69, 9.17) is 4.37 Å². The molecule has 35 heavy (non-hydrogen) atoms. The maximum atomic E-state index is 12.7. The number of fused-ring (bicyclic) bond motifs is 1. The van der Waals surface area contributed by atoms with E-state index in [1.807, 2.05) is 4.90 Å². The highest BCUT2D eigenvalue weighted by Gasteiger charge is 2.25. The van der Waals surface area contributed by atoms with Gasteiger partial charge in [-0.3, -0.25) is 9.69 Å². The number of benzene rings is 2. The fourth-order valence-electron chi connectivity index (χ4n) is 5.07. The Kier molecular flexibility index (Phi) is 7.20.